The van der Waals surface area contributed by atoms with Crippen molar-refractivity contribution in [1.82, 2.24) is 4.90 Å². The van der Waals surface area contributed by atoms with Gasteiger partial charge in [-0.15, -0.1) is 0 Å². The molecule has 0 aromatic carbocycles. The van der Waals surface area contributed by atoms with Crippen molar-refractivity contribution in [2.24, 2.45) is 5.92 Å². The molecule has 0 spiro atoms. The topological polar surface area (TPSA) is 40.5 Å². The van der Waals surface area contributed by atoms with Gasteiger partial charge in [-0.3, -0.25) is 4.79 Å². The molecule has 0 radical (unpaired) electrons. The number of hydrogen-bond acceptors (Lipinski definition) is 2. The Labute approximate surface area is 110 Å². The normalized spacial score (nSPS) is 33.2. The minimum atomic E-state index is -0.489. The van der Waals surface area contributed by atoms with E-state index in [1.54, 1.807) is 0 Å². The number of allylic oxidation sites excluding steroid dienone is 1. The molecule has 0 aromatic heterocycles. The standard InChI is InChI=1S/C15H25NO2/c1-3-6-12(2)14(17)16-10-9-15(18)8-5-4-7-13(15)11-16/h6,13,18H,3-5,7-11H2,1-2H3/b12-6-. The molecule has 0 bridgehead atoms. The van der Waals surface area contributed by atoms with Crippen molar-refractivity contribution < 1.29 is 9.90 Å². The lowest BCUT2D eigenvalue weighted by Gasteiger charge is -2.47. The number of fused-ring (bicyclic) bond motifs is 1. The van der Waals surface area contributed by atoms with E-state index in [1.807, 2.05) is 24.8 Å². The first-order valence-electron chi connectivity index (χ1n) is 7.25. The molecule has 2 atom stereocenters. The Morgan fingerprint density at radius 1 is 1.44 bits per heavy atom. The maximum Gasteiger partial charge on any atom is 0.249 e. The van der Waals surface area contributed by atoms with E-state index >= 15 is 0 Å². The zero-order chi connectivity index (χ0) is 13.2. The van der Waals surface area contributed by atoms with Crippen LogP contribution in [0, 0.1) is 5.92 Å². The Hall–Kier alpha value is -0.830. The fourth-order valence-electron chi connectivity index (χ4n) is 3.40. The van der Waals surface area contributed by atoms with Crippen LogP contribution in [0.1, 0.15) is 52.4 Å². The molecule has 1 heterocycles. The van der Waals surface area contributed by atoms with Gasteiger partial charge >= 0.3 is 0 Å². The van der Waals surface area contributed by atoms with Gasteiger partial charge in [-0.2, -0.15) is 0 Å². The van der Waals surface area contributed by atoms with Crippen LogP contribution in [0.3, 0.4) is 0 Å². The second kappa shape index (κ2) is 5.43. The Morgan fingerprint density at radius 3 is 2.94 bits per heavy atom. The second-order valence-electron chi connectivity index (χ2n) is 5.84. The summed E-state index contributed by atoms with van der Waals surface area (Å²) in [6.07, 6.45) is 7.96. The summed E-state index contributed by atoms with van der Waals surface area (Å²) in [5, 5.41) is 10.6. The van der Waals surface area contributed by atoms with Crippen molar-refractivity contribution in [3.63, 3.8) is 0 Å². The molecule has 1 saturated carbocycles. The van der Waals surface area contributed by atoms with Crippen molar-refractivity contribution in [1.29, 1.82) is 0 Å². The van der Waals surface area contributed by atoms with Crippen molar-refractivity contribution >= 4 is 5.91 Å². The highest BCUT2D eigenvalue weighted by Crippen LogP contribution is 2.39. The number of likely N-dealkylation sites (tertiary alicyclic amines) is 1. The predicted octanol–water partition coefficient (Wildman–Crippen LogP) is 2.50. The van der Waals surface area contributed by atoms with E-state index in [1.165, 1.54) is 6.42 Å². The lowest BCUT2D eigenvalue weighted by atomic mass is 9.71. The average molecular weight is 251 g/mol. The monoisotopic (exact) mass is 251 g/mol. The highest BCUT2D eigenvalue weighted by atomic mass is 16.3. The first kappa shape index (κ1) is 13.6. The van der Waals surface area contributed by atoms with Crippen LogP contribution in [0.5, 0.6) is 0 Å². The molecular formula is C15H25NO2. The maximum absolute atomic E-state index is 12.2. The summed E-state index contributed by atoms with van der Waals surface area (Å²) in [5.74, 6) is 0.447. The summed E-state index contributed by atoms with van der Waals surface area (Å²) in [4.78, 5) is 14.2. The molecule has 2 aliphatic rings. The average Bonchev–Trinajstić information content (AvgIpc) is 2.37. The van der Waals surface area contributed by atoms with Gasteiger partial charge in [0.15, 0.2) is 0 Å². The fraction of sp³-hybridized carbons (Fsp3) is 0.800. The molecular weight excluding hydrogens is 226 g/mol. The quantitative estimate of drug-likeness (QED) is 0.766. The molecule has 1 saturated heterocycles. The second-order valence-corrected chi connectivity index (χ2v) is 5.84. The number of carbonyl (C=O) groups excluding carboxylic acids is 1. The van der Waals surface area contributed by atoms with Gasteiger partial charge in [0.05, 0.1) is 5.60 Å². The van der Waals surface area contributed by atoms with E-state index in [2.05, 4.69) is 0 Å². The van der Waals surface area contributed by atoms with Gasteiger partial charge in [0.1, 0.15) is 0 Å². The van der Waals surface area contributed by atoms with Crippen LogP contribution in [0.25, 0.3) is 0 Å². The highest BCUT2D eigenvalue weighted by molar-refractivity contribution is 5.92. The number of carbonyl (C=O) groups is 1. The molecule has 1 aliphatic carbocycles. The van der Waals surface area contributed by atoms with Gasteiger partial charge in [0.2, 0.25) is 5.91 Å². The molecule has 102 valence electrons. The lowest BCUT2D eigenvalue weighted by Crippen LogP contribution is -2.54. The molecule has 2 fully saturated rings. The smallest absolute Gasteiger partial charge is 0.249 e. The number of aliphatic hydroxyl groups is 1. The van der Waals surface area contributed by atoms with Crippen LogP contribution < -0.4 is 0 Å². The van der Waals surface area contributed by atoms with Gasteiger partial charge < -0.3 is 10.0 Å². The summed E-state index contributed by atoms with van der Waals surface area (Å²) < 4.78 is 0. The molecule has 18 heavy (non-hydrogen) atoms. The minimum Gasteiger partial charge on any atom is -0.389 e. The van der Waals surface area contributed by atoms with Crippen molar-refractivity contribution in [3.05, 3.63) is 11.6 Å². The molecule has 1 aliphatic heterocycles. The molecule has 1 amide bonds. The van der Waals surface area contributed by atoms with E-state index in [0.717, 1.165) is 44.2 Å². The Kier molecular flexibility index (Phi) is 4.10. The van der Waals surface area contributed by atoms with E-state index in [9.17, 15) is 9.90 Å². The third kappa shape index (κ3) is 2.61. The molecule has 2 unspecified atom stereocenters. The summed E-state index contributed by atoms with van der Waals surface area (Å²) >= 11 is 0. The zero-order valence-electron chi connectivity index (χ0n) is 11.6. The van der Waals surface area contributed by atoms with Crippen molar-refractivity contribution in [2.75, 3.05) is 13.1 Å². The largest absolute Gasteiger partial charge is 0.389 e. The summed E-state index contributed by atoms with van der Waals surface area (Å²) in [7, 11) is 0. The minimum absolute atomic E-state index is 0.157. The molecule has 3 heteroatoms. The first-order valence-corrected chi connectivity index (χ1v) is 7.25. The van der Waals surface area contributed by atoms with Crippen molar-refractivity contribution in [2.45, 2.75) is 58.0 Å². The van der Waals surface area contributed by atoms with Crippen LogP contribution >= 0.6 is 0 Å². The molecule has 1 N–H and O–H groups in total. The van der Waals surface area contributed by atoms with Crippen LogP contribution in [-0.2, 0) is 4.79 Å². The molecule has 2 rings (SSSR count). The van der Waals surface area contributed by atoms with E-state index in [4.69, 9.17) is 0 Å². The van der Waals surface area contributed by atoms with Gasteiger partial charge in [-0.05, 0) is 32.6 Å². The summed E-state index contributed by atoms with van der Waals surface area (Å²) in [6, 6.07) is 0. The summed E-state index contributed by atoms with van der Waals surface area (Å²) in [6.45, 7) is 5.39. The zero-order valence-corrected chi connectivity index (χ0v) is 11.6. The lowest BCUT2D eigenvalue weighted by molar-refractivity contribution is -0.139. The predicted molar refractivity (Wildman–Crippen MR) is 72.2 cm³/mol. The van der Waals surface area contributed by atoms with Crippen LogP contribution in [-0.4, -0.2) is 34.6 Å². The number of hydrogen-bond donors (Lipinski definition) is 1. The molecule has 3 nitrogen and oxygen atoms in total. The summed E-state index contributed by atoms with van der Waals surface area (Å²) in [5.41, 5.74) is 0.357. The first-order chi connectivity index (χ1) is 8.57. The number of amides is 1. The van der Waals surface area contributed by atoms with E-state index < -0.39 is 5.60 Å². The third-order valence-corrected chi connectivity index (χ3v) is 4.56. The number of piperidine rings is 1. The van der Waals surface area contributed by atoms with Crippen molar-refractivity contribution in [3.8, 4) is 0 Å². The van der Waals surface area contributed by atoms with Crippen LogP contribution in [0.15, 0.2) is 11.6 Å². The van der Waals surface area contributed by atoms with Gasteiger partial charge in [-0.25, -0.2) is 0 Å². The Bertz CT molecular complexity index is 350. The Morgan fingerprint density at radius 2 is 2.22 bits per heavy atom. The maximum atomic E-state index is 12.2. The van der Waals surface area contributed by atoms with Gasteiger partial charge in [0.25, 0.3) is 0 Å². The van der Waals surface area contributed by atoms with Gasteiger partial charge in [0, 0.05) is 24.6 Å². The van der Waals surface area contributed by atoms with Crippen LogP contribution in [0.2, 0.25) is 0 Å². The third-order valence-electron chi connectivity index (χ3n) is 4.56. The SMILES string of the molecule is CC/C=C(/C)C(=O)N1CCC2(O)CCCCC2C1. The number of rotatable bonds is 2. The van der Waals surface area contributed by atoms with E-state index in [-0.39, 0.29) is 5.91 Å². The molecule has 0 aromatic rings. The number of nitrogens with zero attached hydrogens (tertiary/aromatic N) is 1. The van der Waals surface area contributed by atoms with Crippen LogP contribution in [0.4, 0.5) is 0 Å². The highest BCUT2D eigenvalue weighted by Gasteiger charge is 2.43. The Balaban J connectivity index is 2.02. The van der Waals surface area contributed by atoms with E-state index in [0.29, 0.717) is 12.5 Å². The van der Waals surface area contributed by atoms with Gasteiger partial charge in [-0.1, -0.05) is 25.8 Å². The fourth-order valence-corrected chi connectivity index (χ4v) is 3.40.